The Hall–Kier alpha value is -1.70. The number of carbonyl (C=O) groups is 1. The highest BCUT2D eigenvalue weighted by Crippen LogP contribution is 2.34. The van der Waals surface area contributed by atoms with Crippen molar-refractivity contribution in [1.82, 2.24) is 15.3 Å². The largest absolute Gasteiger partial charge is 0.465 e. The van der Waals surface area contributed by atoms with Gasteiger partial charge in [-0.1, -0.05) is 0 Å². The van der Waals surface area contributed by atoms with E-state index >= 15 is 0 Å². The Morgan fingerprint density at radius 2 is 2.10 bits per heavy atom. The monoisotopic (exact) mass is 320 g/mol. The summed E-state index contributed by atoms with van der Waals surface area (Å²) in [6.45, 7) is -0.00497. The summed E-state index contributed by atoms with van der Waals surface area (Å²) < 4.78 is 26.2. The summed E-state index contributed by atoms with van der Waals surface area (Å²) in [5, 5.41) is 13.7. The second-order valence-electron chi connectivity index (χ2n) is 4.95. The predicted molar refractivity (Wildman–Crippen MR) is 72.7 cm³/mol. The number of aromatic nitrogens is 2. The van der Waals surface area contributed by atoms with Gasteiger partial charge in [-0.25, -0.2) is 23.5 Å². The van der Waals surface area contributed by atoms with Crippen LogP contribution in [0.5, 0.6) is 0 Å². The van der Waals surface area contributed by atoms with E-state index in [2.05, 4.69) is 20.6 Å². The van der Waals surface area contributed by atoms with Crippen molar-refractivity contribution < 1.29 is 18.7 Å². The summed E-state index contributed by atoms with van der Waals surface area (Å²) in [6, 6.07) is 1.45. The molecule has 1 aliphatic carbocycles. The van der Waals surface area contributed by atoms with E-state index in [1.807, 2.05) is 0 Å². The normalized spacial score (nSPS) is 18.2. The molecule has 0 spiro atoms. The first kappa shape index (κ1) is 15.7. The number of nitrogens with zero attached hydrogens (tertiary/aromatic N) is 2. The maximum Gasteiger partial charge on any atom is 0.404 e. The SMILES string of the molecule is O=C(O)NCc1cc(NC2CCC(F)(F)CC2)nc(Cl)n1. The van der Waals surface area contributed by atoms with Gasteiger partial charge >= 0.3 is 6.09 Å². The molecule has 0 atom stereocenters. The lowest BCUT2D eigenvalue weighted by Gasteiger charge is -2.29. The molecule has 116 valence electrons. The smallest absolute Gasteiger partial charge is 0.404 e. The molecular formula is C12H15ClF2N4O2. The van der Waals surface area contributed by atoms with E-state index in [0.717, 1.165) is 0 Å². The first-order chi connectivity index (χ1) is 9.84. The number of hydrogen-bond acceptors (Lipinski definition) is 4. The van der Waals surface area contributed by atoms with E-state index in [1.54, 1.807) is 6.07 Å². The maximum absolute atomic E-state index is 13.1. The molecule has 2 rings (SSSR count). The lowest BCUT2D eigenvalue weighted by atomic mass is 9.92. The topological polar surface area (TPSA) is 87.1 Å². The maximum atomic E-state index is 13.1. The second-order valence-corrected chi connectivity index (χ2v) is 5.28. The van der Waals surface area contributed by atoms with Crippen LogP contribution in [0, 0.1) is 0 Å². The zero-order valence-electron chi connectivity index (χ0n) is 11.1. The van der Waals surface area contributed by atoms with Crippen molar-refractivity contribution in [2.45, 2.75) is 44.2 Å². The highest BCUT2D eigenvalue weighted by Gasteiger charge is 2.34. The molecule has 0 aromatic carbocycles. The average Bonchev–Trinajstić information content (AvgIpc) is 2.38. The highest BCUT2D eigenvalue weighted by atomic mass is 35.5. The fourth-order valence-electron chi connectivity index (χ4n) is 2.19. The van der Waals surface area contributed by atoms with Gasteiger partial charge in [-0.05, 0) is 24.4 Å². The van der Waals surface area contributed by atoms with Gasteiger partial charge in [-0.15, -0.1) is 0 Å². The lowest BCUT2D eigenvalue weighted by molar-refractivity contribution is -0.0361. The van der Waals surface area contributed by atoms with Gasteiger partial charge < -0.3 is 15.7 Å². The molecule has 1 aliphatic rings. The van der Waals surface area contributed by atoms with Crippen LogP contribution in [0.2, 0.25) is 5.28 Å². The third kappa shape index (κ3) is 4.96. The van der Waals surface area contributed by atoms with E-state index in [-0.39, 0.29) is 30.7 Å². The number of halogens is 3. The van der Waals surface area contributed by atoms with Crippen LogP contribution in [0.25, 0.3) is 0 Å². The first-order valence-corrected chi connectivity index (χ1v) is 6.86. The Kier molecular flexibility index (Phi) is 4.76. The van der Waals surface area contributed by atoms with Crippen molar-refractivity contribution in [2.24, 2.45) is 0 Å². The quantitative estimate of drug-likeness (QED) is 0.743. The van der Waals surface area contributed by atoms with E-state index in [4.69, 9.17) is 16.7 Å². The molecule has 0 saturated heterocycles. The molecule has 9 heteroatoms. The van der Waals surface area contributed by atoms with Gasteiger partial charge in [-0.2, -0.15) is 0 Å². The molecule has 1 aromatic heterocycles. The standard InChI is InChI=1S/C12H15ClF2N4O2/c13-10-18-8(6-16-11(20)21)5-9(19-10)17-7-1-3-12(14,15)4-2-7/h5,7,16H,1-4,6H2,(H,20,21)(H,17,18,19). The van der Waals surface area contributed by atoms with Crippen molar-refractivity contribution in [2.75, 3.05) is 5.32 Å². The number of amides is 1. The second kappa shape index (κ2) is 6.38. The van der Waals surface area contributed by atoms with Crippen LogP contribution in [0.4, 0.5) is 19.4 Å². The Morgan fingerprint density at radius 3 is 2.71 bits per heavy atom. The van der Waals surface area contributed by atoms with Crippen molar-refractivity contribution >= 4 is 23.5 Å². The number of anilines is 1. The Morgan fingerprint density at radius 1 is 1.43 bits per heavy atom. The highest BCUT2D eigenvalue weighted by molar-refractivity contribution is 6.28. The molecule has 1 aromatic rings. The molecule has 0 aliphatic heterocycles. The van der Waals surface area contributed by atoms with Crippen molar-refractivity contribution in [1.29, 1.82) is 0 Å². The van der Waals surface area contributed by atoms with E-state index in [9.17, 15) is 13.6 Å². The number of nitrogens with one attached hydrogen (secondary N) is 2. The predicted octanol–water partition coefficient (Wildman–Crippen LogP) is 2.89. The van der Waals surface area contributed by atoms with Gasteiger partial charge in [0, 0.05) is 24.9 Å². The molecule has 1 saturated carbocycles. The summed E-state index contributed by atoms with van der Waals surface area (Å²) in [4.78, 5) is 18.3. The van der Waals surface area contributed by atoms with Crippen molar-refractivity contribution in [3.63, 3.8) is 0 Å². The summed E-state index contributed by atoms with van der Waals surface area (Å²) in [5.74, 6) is -2.18. The average molecular weight is 321 g/mol. The number of hydrogen-bond donors (Lipinski definition) is 3. The summed E-state index contributed by atoms with van der Waals surface area (Å²) in [5.41, 5.74) is 0.404. The molecule has 0 unspecified atom stereocenters. The van der Waals surface area contributed by atoms with Crippen LogP contribution >= 0.6 is 11.6 Å². The third-order valence-electron chi connectivity index (χ3n) is 3.24. The molecule has 21 heavy (non-hydrogen) atoms. The summed E-state index contributed by atoms with van der Waals surface area (Å²) in [6.07, 6.45) is -0.795. The van der Waals surface area contributed by atoms with Crippen LogP contribution in [0.3, 0.4) is 0 Å². The zero-order valence-corrected chi connectivity index (χ0v) is 11.8. The Labute approximate surface area is 124 Å². The Balaban J connectivity index is 1.98. The molecule has 1 amide bonds. The third-order valence-corrected chi connectivity index (χ3v) is 3.41. The van der Waals surface area contributed by atoms with Crippen LogP contribution < -0.4 is 10.6 Å². The molecule has 1 heterocycles. The minimum Gasteiger partial charge on any atom is -0.465 e. The first-order valence-electron chi connectivity index (χ1n) is 6.49. The van der Waals surface area contributed by atoms with Crippen LogP contribution in [0.1, 0.15) is 31.4 Å². The van der Waals surface area contributed by atoms with E-state index < -0.39 is 12.0 Å². The van der Waals surface area contributed by atoms with Crippen LogP contribution in [0.15, 0.2) is 6.07 Å². The van der Waals surface area contributed by atoms with Gasteiger partial charge in [0.25, 0.3) is 0 Å². The minimum absolute atomic E-state index is 0.00497. The molecule has 1 fully saturated rings. The Bertz CT molecular complexity index is 520. The summed E-state index contributed by atoms with van der Waals surface area (Å²) >= 11 is 5.77. The van der Waals surface area contributed by atoms with Gasteiger partial charge in [0.05, 0.1) is 12.2 Å². The zero-order chi connectivity index (χ0) is 15.5. The van der Waals surface area contributed by atoms with Crippen molar-refractivity contribution in [3.8, 4) is 0 Å². The van der Waals surface area contributed by atoms with Crippen molar-refractivity contribution in [3.05, 3.63) is 17.0 Å². The van der Waals surface area contributed by atoms with Gasteiger partial charge in [0.15, 0.2) is 0 Å². The number of carboxylic acid groups (broad SMARTS) is 1. The molecule has 0 bridgehead atoms. The van der Waals surface area contributed by atoms with E-state index in [0.29, 0.717) is 24.4 Å². The molecule has 0 radical (unpaired) electrons. The molecular weight excluding hydrogens is 306 g/mol. The van der Waals surface area contributed by atoms with Crippen LogP contribution in [-0.4, -0.2) is 33.1 Å². The number of alkyl halides is 2. The van der Waals surface area contributed by atoms with Gasteiger partial charge in [0.2, 0.25) is 11.2 Å². The fourth-order valence-corrected chi connectivity index (χ4v) is 2.39. The summed E-state index contributed by atoms with van der Waals surface area (Å²) in [7, 11) is 0. The minimum atomic E-state index is -2.59. The van der Waals surface area contributed by atoms with Gasteiger partial charge in [0.1, 0.15) is 5.82 Å². The van der Waals surface area contributed by atoms with Crippen LogP contribution in [-0.2, 0) is 6.54 Å². The van der Waals surface area contributed by atoms with E-state index in [1.165, 1.54) is 0 Å². The molecule has 3 N–H and O–H groups in total. The number of rotatable bonds is 4. The fraction of sp³-hybridized carbons (Fsp3) is 0.583. The van der Waals surface area contributed by atoms with Gasteiger partial charge in [-0.3, -0.25) is 0 Å². The lowest BCUT2D eigenvalue weighted by Crippen LogP contribution is -2.32. The molecule has 6 nitrogen and oxygen atoms in total.